The van der Waals surface area contributed by atoms with E-state index in [2.05, 4.69) is 33.9 Å². The summed E-state index contributed by atoms with van der Waals surface area (Å²) in [5.41, 5.74) is 0. The van der Waals surface area contributed by atoms with E-state index in [-0.39, 0.29) is 17.1 Å². The van der Waals surface area contributed by atoms with E-state index >= 15 is 0 Å². The standard InChI is InChI=1S/5CHO.2Fe.O/c5*1-2;;;/h5*1H;;;/q5*-1;;+5;. The first-order valence-electron chi connectivity index (χ1n) is 1.32. The van der Waals surface area contributed by atoms with Crippen molar-refractivity contribution in [1.82, 2.24) is 0 Å². The third-order valence-corrected chi connectivity index (χ3v) is 0. The van der Waals surface area contributed by atoms with Crippen molar-refractivity contribution in [2.24, 2.45) is 0 Å². The van der Waals surface area contributed by atoms with Crippen LogP contribution in [0.3, 0.4) is 0 Å². The monoisotopic (exact) mass is 273 g/mol. The Morgan fingerprint density at radius 2 is 0.462 bits per heavy atom. The van der Waals surface area contributed by atoms with Gasteiger partial charge in [-0.3, -0.25) is 33.9 Å². The van der Waals surface area contributed by atoms with Gasteiger partial charge in [-0.25, -0.2) is 0 Å². The Labute approximate surface area is 94.9 Å². The Bertz CT molecular complexity index is 34.5. The van der Waals surface area contributed by atoms with Crippen LogP contribution in [0.25, 0.3) is 0 Å². The summed E-state index contributed by atoms with van der Waals surface area (Å²) < 4.78 is 8.00. The summed E-state index contributed by atoms with van der Waals surface area (Å²) in [6.45, 7) is 16.2. The Morgan fingerprint density at radius 1 is 0.462 bits per heavy atom. The second-order valence-corrected chi connectivity index (χ2v) is 0. The van der Waals surface area contributed by atoms with Crippen LogP contribution in [0.2, 0.25) is 0 Å². The summed E-state index contributed by atoms with van der Waals surface area (Å²) in [5.74, 6) is 0. The zero-order valence-corrected chi connectivity index (χ0v) is 8.25. The third kappa shape index (κ3) is 1440. The molecule has 0 saturated heterocycles. The van der Waals surface area contributed by atoms with Gasteiger partial charge in [-0.1, -0.05) is 0 Å². The van der Waals surface area contributed by atoms with Crippen molar-refractivity contribution in [3.8, 4) is 0 Å². The molecule has 0 aliphatic heterocycles. The molecule has 77 valence electrons. The van der Waals surface area contributed by atoms with Crippen LogP contribution in [-0.4, -0.2) is 33.9 Å². The first kappa shape index (κ1) is 56.7. The molecule has 0 N–H and O–H groups in total. The van der Waals surface area contributed by atoms with E-state index in [1.54, 1.807) is 0 Å². The van der Waals surface area contributed by atoms with Gasteiger partial charge >= 0.3 is 36.8 Å². The second-order valence-electron chi connectivity index (χ2n) is 0. The minimum absolute atomic E-state index is 0. The molecule has 0 aromatic carbocycles. The minimum atomic E-state index is 0. The molecule has 0 aromatic heterocycles. The van der Waals surface area contributed by atoms with Crippen LogP contribution in [-0.2, 0) is 60.8 Å². The molecule has 1 radical (unpaired) electrons. The molecule has 8 heteroatoms. The van der Waals surface area contributed by atoms with Gasteiger partial charge in [0.15, 0.2) is 0 Å². The van der Waals surface area contributed by atoms with Gasteiger partial charge in [-0.05, 0) is 0 Å². The molecule has 0 fully saturated rings. The van der Waals surface area contributed by atoms with Crippen molar-refractivity contribution < 1.29 is 60.8 Å². The molecule has 0 aromatic rings. The predicted octanol–water partition coefficient (Wildman–Crippen LogP) is -1.49. The SMILES string of the molecule is [CH-]=O.[CH-]=O.[CH-]=O.[CH-]=O.[CH-]=O.[Fe+5].[O]=[Fe]. The zero-order chi connectivity index (χ0) is 12.0. The van der Waals surface area contributed by atoms with Crippen LogP contribution in [0, 0.1) is 0 Å². The van der Waals surface area contributed by atoms with Gasteiger partial charge in [-0.2, -0.15) is 0 Å². The summed E-state index contributed by atoms with van der Waals surface area (Å²) in [6, 6.07) is 0. The fourth-order valence-electron chi connectivity index (χ4n) is 0. The van der Waals surface area contributed by atoms with Gasteiger partial charge in [0.2, 0.25) is 0 Å². The van der Waals surface area contributed by atoms with Crippen LogP contribution in [0.1, 0.15) is 0 Å². The molecular weight excluding hydrogens is 268 g/mol. The second kappa shape index (κ2) is 1770. The van der Waals surface area contributed by atoms with Crippen LogP contribution >= 0.6 is 0 Å². The van der Waals surface area contributed by atoms with Crippen molar-refractivity contribution in [2.75, 3.05) is 0 Å². The maximum absolute atomic E-state index is 8.00. The summed E-state index contributed by atoms with van der Waals surface area (Å²) in [5, 5.41) is 0. The van der Waals surface area contributed by atoms with E-state index in [4.69, 9.17) is 27.8 Å². The fourth-order valence-corrected chi connectivity index (χ4v) is 0. The van der Waals surface area contributed by atoms with Crippen LogP contribution < -0.4 is 0 Å². The van der Waals surface area contributed by atoms with Gasteiger partial charge in [-0.15, -0.1) is 0 Å². The normalized spacial score (nSPS) is 1.92. The fraction of sp³-hybridized carbons (Fsp3) is 0. The van der Waals surface area contributed by atoms with Crippen molar-refractivity contribution in [1.29, 1.82) is 0 Å². The third-order valence-electron chi connectivity index (χ3n) is 0. The predicted molar refractivity (Wildman–Crippen MR) is 34.4 cm³/mol. The van der Waals surface area contributed by atoms with E-state index in [0.29, 0.717) is 0 Å². The first-order valence-corrected chi connectivity index (χ1v) is 1.77. The molecule has 0 unspecified atom stereocenters. The molecule has 0 rings (SSSR count). The van der Waals surface area contributed by atoms with Gasteiger partial charge in [0.1, 0.15) is 0 Å². The molecule has 0 heterocycles. The molecule has 13 heavy (non-hydrogen) atoms. The van der Waals surface area contributed by atoms with E-state index in [0.717, 1.165) is 0 Å². The molecule has 0 aliphatic carbocycles. The summed E-state index contributed by atoms with van der Waals surface area (Å²) in [7, 11) is 0. The Morgan fingerprint density at radius 3 is 0.462 bits per heavy atom. The van der Waals surface area contributed by atoms with E-state index < -0.39 is 0 Å². The van der Waals surface area contributed by atoms with Crippen molar-refractivity contribution in [2.45, 2.75) is 0 Å². The molecule has 6 nitrogen and oxygen atoms in total. The van der Waals surface area contributed by atoms with E-state index in [1.165, 1.54) is 0 Å². The summed E-state index contributed by atoms with van der Waals surface area (Å²) in [4.78, 5) is 38.8. The Hall–Kier alpha value is -0.811. The first-order chi connectivity index (χ1) is 6.00. The molecule has 0 atom stereocenters. The maximum atomic E-state index is 8.00. The molecular formula is C5H5Fe2O6. The van der Waals surface area contributed by atoms with E-state index in [9.17, 15) is 0 Å². The van der Waals surface area contributed by atoms with Crippen LogP contribution in [0.15, 0.2) is 0 Å². The number of rotatable bonds is 0. The summed E-state index contributed by atoms with van der Waals surface area (Å²) >= 11 is 2.00. The topological polar surface area (TPSA) is 102 Å². The average molecular weight is 273 g/mol. The Balaban J connectivity index is -0.00000000655. The van der Waals surface area contributed by atoms with Crippen molar-refractivity contribution in [3.63, 3.8) is 0 Å². The molecule has 0 spiro atoms. The van der Waals surface area contributed by atoms with Crippen LogP contribution in [0.5, 0.6) is 0 Å². The molecule has 0 amide bonds. The summed E-state index contributed by atoms with van der Waals surface area (Å²) in [6.07, 6.45) is 0. The number of hydrogen-bond donors (Lipinski definition) is 0. The van der Waals surface area contributed by atoms with Crippen LogP contribution in [0.4, 0.5) is 0 Å². The number of carbonyl (C=O) groups excluding carboxylic acids is 5. The average Bonchev–Trinajstić information content (AvgIpc) is 2.33. The van der Waals surface area contributed by atoms with Gasteiger partial charge in [0.05, 0.1) is 0 Å². The van der Waals surface area contributed by atoms with Crippen molar-refractivity contribution >= 4 is 33.9 Å². The molecule has 0 bridgehead atoms. The zero-order valence-electron chi connectivity index (χ0n) is 6.04. The Kier molecular flexibility index (Phi) is 7700. The van der Waals surface area contributed by atoms with Gasteiger partial charge < -0.3 is 24.0 Å². The van der Waals surface area contributed by atoms with E-state index in [1.807, 2.05) is 15.9 Å². The molecule has 0 aliphatic rings. The quantitative estimate of drug-likeness (QED) is 0.302. The van der Waals surface area contributed by atoms with Gasteiger partial charge in [0, 0.05) is 0 Å². The van der Waals surface area contributed by atoms with Gasteiger partial charge in [0.25, 0.3) is 0 Å². The van der Waals surface area contributed by atoms with Crippen molar-refractivity contribution in [3.05, 3.63) is 0 Å². The molecule has 0 saturated carbocycles. The number of hydrogen-bond acceptors (Lipinski definition) is 6.